The molecule has 1 heteroatoms. The Kier molecular flexibility index (Phi) is 5.90. The molecule has 0 aliphatic rings. The largest absolute Gasteiger partial charge is 0.0785 e. The Bertz CT molecular complexity index is 39.2. The summed E-state index contributed by atoms with van der Waals surface area (Å²) in [5, 5.41) is 0. The lowest BCUT2D eigenvalue weighted by Gasteiger charge is -1.75. The van der Waals surface area contributed by atoms with Gasteiger partial charge in [-0.25, -0.2) is 0 Å². The second-order valence-corrected chi connectivity index (χ2v) is 1.87. The zero-order chi connectivity index (χ0) is 4.83. The van der Waals surface area contributed by atoms with E-state index in [0.29, 0.717) is 0 Å². The summed E-state index contributed by atoms with van der Waals surface area (Å²) in [5.41, 5.74) is 0. The number of unbranched alkanes of at least 4 members (excludes halogenated alkanes) is 1. The van der Waals surface area contributed by atoms with E-state index >= 15 is 0 Å². The van der Waals surface area contributed by atoms with Gasteiger partial charge in [-0.2, -0.15) is 0 Å². The minimum atomic E-state index is 1.23. The van der Waals surface area contributed by atoms with Crippen molar-refractivity contribution in [2.24, 2.45) is 0 Å². The van der Waals surface area contributed by atoms with Gasteiger partial charge in [0, 0.05) is 0 Å². The van der Waals surface area contributed by atoms with Crippen LogP contribution in [0.3, 0.4) is 0 Å². The molecule has 36 valence electrons. The molecule has 0 aliphatic heterocycles. The summed E-state index contributed by atoms with van der Waals surface area (Å²) in [6.45, 7) is 2.18. The molecule has 0 bridgehead atoms. The van der Waals surface area contributed by atoms with Gasteiger partial charge in [-0.15, -0.1) is 0 Å². The smallest absolute Gasteiger partial charge is 0.0274 e. The zero-order valence-corrected chi connectivity index (χ0v) is 6.10. The van der Waals surface area contributed by atoms with Crippen molar-refractivity contribution in [2.75, 3.05) is 0 Å². The van der Waals surface area contributed by atoms with Gasteiger partial charge in [0.25, 0.3) is 0 Å². The topological polar surface area (TPSA) is 0 Å². The third kappa shape index (κ3) is 4.47. The first-order chi connectivity index (χ1) is 2.91. The summed E-state index contributed by atoms with van der Waals surface area (Å²) in [7, 11) is 0. The maximum atomic E-state index is 2.23. The Morgan fingerprint density at radius 3 is 2.50 bits per heavy atom. The van der Waals surface area contributed by atoms with Crippen LogP contribution in [0.2, 0.25) is 0 Å². The highest BCUT2D eigenvalue weighted by molar-refractivity contribution is 14.1. The van der Waals surface area contributed by atoms with E-state index in [1.165, 1.54) is 12.8 Å². The average molecular weight is 196 g/mol. The monoisotopic (exact) mass is 196 g/mol. The Morgan fingerprint density at radius 2 is 2.33 bits per heavy atom. The molecule has 0 saturated carbocycles. The van der Waals surface area contributed by atoms with Gasteiger partial charge in [0.1, 0.15) is 0 Å². The Balaban J connectivity index is 2.66. The summed E-state index contributed by atoms with van der Waals surface area (Å²) < 4.78 is 2.06. The molecule has 0 amide bonds. The molecular formula is C5H9I. The minimum absolute atomic E-state index is 1.23. The van der Waals surface area contributed by atoms with Crippen LogP contribution in [-0.4, -0.2) is 0 Å². The van der Waals surface area contributed by atoms with Crippen molar-refractivity contribution in [1.29, 1.82) is 0 Å². The summed E-state index contributed by atoms with van der Waals surface area (Å²) in [6, 6.07) is 0. The Morgan fingerprint density at radius 1 is 1.67 bits per heavy atom. The average Bonchev–Trinajstić information content (AvgIpc) is 1.61. The molecule has 0 rings (SSSR count). The predicted molar refractivity (Wildman–Crippen MR) is 38.1 cm³/mol. The number of allylic oxidation sites excluding steroid dienone is 1. The molecule has 0 N–H and O–H groups in total. The first kappa shape index (κ1) is 6.47. The van der Waals surface area contributed by atoms with Crippen LogP contribution in [0.15, 0.2) is 10.2 Å². The quantitative estimate of drug-likeness (QED) is 0.595. The summed E-state index contributed by atoms with van der Waals surface area (Å²) >= 11 is 2.23. The fourth-order valence-corrected chi connectivity index (χ4v) is 0.589. The Labute approximate surface area is 52.8 Å². The summed E-state index contributed by atoms with van der Waals surface area (Å²) in [4.78, 5) is 0. The molecule has 0 heterocycles. The molecule has 0 aliphatic carbocycles. The van der Waals surface area contributed by atoms with Gasteiger partial charge in [0.15, 0.2) is 0 Å². The standard InChI is InChI=1S/C5H9I/c1-2-3-4-5-6/h4-5H,2-3H2,1H3/b5-4+. The van der Waals surface area contributed by atoms with E-state index in [1.807, 2.05) is 0 Å². The zero-order valence-electron chi connectivity index (χ0n) is 3.95. The molecular weight excluding hydrogens is 187 g/mol. The molecule has 0 spiro atoms. The lowest BCUT2D eigenvalue weighted by Crippen LogP contribution is -1.54. The molecule has 0 aromatic carbocycles. The third-order valence-electron chi connectivity index (χ3n) is 0.544. The lowest BCUT2D eigenvalue weighted by atomic mass is 10.3. The third-order valence-corrected chi connectivity index (χ3v) is 1.05. The first-order valence-electron chi connectivity index (χ1n) is 2.17. The summed E-state index contributed by atoms with van der Waals surface area (Å²) in [6.07, 6.45) is 4.66. The van der Waals surface area contributed by atoms with E-state index in [1.54, 1.807) is 0 Å². The highest BCUT2D eigenvalue weighted by Crippen LogP contribution is 1.90. The van der Waals surface area contributed by atoms with Crippen LogP contribution < -0.4 is 0 Å². The van der Waals surface area contributed by atoms with Gasteiger partial charge in [-0.1, -0.05) is 42.0 Å². The van der Waals surface area contributed by atoms with Crippen LogP contribution in [0, 0.1) is 0 Å². The molecule has 0 unspecified atom stereocenters. The van der Waals surface area contributed by atoms with Gasteiger partial charge in [-0.3, -0.25) is 0 Å². The predicted octanol–water partition coefficient (Wildman–Crippen LogP) is 2.74. The van der Waals surface area contributed by atoms with Gasteiger partial charge in [-0.05, 0) is 10.5 Å². The van der Waals surface area contributed by atoms with Crippen molar-refractivity contribution in [1.82, 2.24) is 0 Å². The molecule has 0 radical (unpaired) electrons. The number of hydrogen-bond donors (Lipinski definition) is 0. The van der Waals surface area contributed by atoms with E-state index < -0.39 is 0 Å². The van der Waals surface area contributed by atoms with Crippen molar-refractivity contribution >= 4 is 22.6 Å². The molecule has 0 fully saturated rings. The lowest BCUT2D eigenvalue weighted by molar-refractivity contribution is 0.961. The van der Waals surface area contributed by atoms with Gasteiger partial charge in [0.05, 0.1) is 0 Å². The van der Waals surface area contributed by atoms with E-state index in [4.69, 9.17) is 0 Å². The van der Waals surface area contributed by atoms with E-state index in [-0.39, 0.29) is 0 Å². The van der Waals surface area contributed by atoms with E-state index in [0.717, 1.165) is 0 Å². The number of halogens is 1. The Hall–Kier alpha value is 0.470. The van der Waals surface area contributed by atoms with Crippen LogP contribution >= 0.6 is 22.6 Å². The molecule has 0 nitrogen and oxygen atoms in total. The first-order valence-corrected chi connectivity index (χ1v) is 3.41. The van der Waals surface area contributed by atoms with Crippen LogP contribution in [-0.2, 0) is 0 Å². The van der Waals surface area contributed by atoms with E-state index in [2.05, 4.69) is 39.7 Å². The maximum absolute atomic E-state index is 2.23. The molecule has 0 atom stereocenters. The SMILES string of the molecule is CCC/C=C/I. The summed E-state index contributed by atoms with van der Waals surface area (Å²) in [5.74, 6) is 0. The van der Waals surface area contributed by atoms with Crippen molar-refractivity contribution in [3.8, 4) is 0 Å². The molecule has 0 aromatic heterocycles. The number of hydrogen-bond acceptors (Lipinski definition) is 0. The normalized spacial score (nSPS) is 10.3. The fraction of sp³-hybridized carbons (Fsp3) is 0.600. The second kappa shape index (κ2) is 5.47. The van der Waals surface area contributed by atoms with Crippen molar-refractivity contribution in [3.05, 3.63) is 10.2 Å². The maximum Gasteiger partial charge on any atom is -0.0274 e. The van der Waals surface area contributed by atoms with Gasteiger partial charge in [0.2, 0.25) is 0 Å². The molecule has 6 heavy (non-hydrogen) atoms. The van der Waals surface area contributed by atoms with Gasteiger partial charge >= 0.3 is 0 Å². The van der Waals surface area contributed by atoms with E-state index in [9.17, 15) is 0 Å². The minimum Gasteiger partial charge on any atom is -0.0785 e. The fourth-order valence-electron chi connectivity index (χ4n) is 0.230. The van der Waals surface area contributed by atoms with Crippen molar-refractivity contribution in [3.63, 3.8) is 0 Å². The second-order valence-electron chi connectivity index (χ2n) is 1.15. The highest BCUT2D eigenvalue weighted by atomic mass is 127. The van der Waals surface area contributed by atoms with Gasteiger partial charge < -0.3 is 0 Å². The van der Waals surface area contributed by atoms with Crippen LogP contribution in [0.5, 0.6) is 0 Å². The molecule has 0 aromatic rings. The van der Waals surface area contributed by atoms with Crippen molar-refractivity contribution in [2.45, 2.75) is 19.8 Å². The van der Waals surface area contributed by atoms with Crippen LogP contribution in [0.1, 0.15) is 19.8 Å². The van der Waals surface area contributed by atoms with Crippen molar-refractivity contribution < 1.29 is 0 Å². The highest BCUT2D eigenvalue weighted by Gasteiger charge is 1.65. The van der Waals surface area contributed by atoms with Crippen LogP contribution in [0.25, 0.3) is 0 Å². The molecule has 0 saturated heterocycles. The number of rotatable bonds is 2. The van der Waals surface area contributed by atoms with Crippen LogP contribution in [0.4, 0.5) is 0 Å².